The summed E-state index contributed by atoms with van der Waals surface area (Å²) in [7, 11) is 0. The zero-order valence-electron chi connectivity index (χ0n) is 11.9. The van der Waals surface area contributed by atoms with Crippen molar-refractivity contribution in [2.75, 3.05) is 26.3 Å². The molecule has 0 aromatic heterocycles. The zero-order valence-corrected chi connectivity index (χ0v) is 13.4. The van der Waals surface area contributed by atoms with Gasteiger partial charge in [-0.2, -0.15) is 0 Å². The second kappa shape index (κ2) is 8.46. The SMILES string of the molecule is CCOCCN(CC)C(C)C(=O)c1ccc(Br)cc1. The molecule has 0 saturated carbocycles. The van der Waals surface area contributed by atoms with Crippen LogP contribution in [0, 0.1) is 0 Å². The van der Waals surface area contributed by atoms with Crippen molar-refractivity contribution < 1.29 is 9.53 Å². The van der Waals surface area contributed by atoms with E-state index in [1.165, 1.54) is 0 Å². The van der Waals surface area contributed by atoms with Crippen molar-refractivity contribution in [3.8, 4) is 0 Å². The number of hydrogen-bond donors (Lipinski definition) is 0. The highest BCUT2D eigenvalue weighted by molar-refractivity contribution is 9.10. The van der Waals surface area contributed by atoms with Gasteiger partial charge in [0.25, 0.3) is 0 Å². The maximum atomic E-state index is 12.4. The van der Waals surface area contributed by atoms with Gasteiger partial charge in [0.1, 0.15) is 0 Å². The van der Waals surface area contributed by atoms with E-state index in [1.807, 2.05) is 38.1 Å². The molecule has 19 heavy (non-hydrogen) atoms. The van der Waals surface area contributed by atoms with Gasteiger partial charge in [-0.1, -0.05) is 35.0 Å². The lowest BCUT2D eigenvalue weighted by molar-refractivity contribution is 0.0740. The Morgan fingerprint density at radius 3 is 2.47 bits per heavy atom. The summed E-state index contributed by atoms with van der Waals surface area (Å²) in [4.78, 5) is 14.5. The molecule has 1 aromatic carbocycles. The molecule has 0 saturated heterocycles. The molecule has 4 heteroatoms. The lowest BCUT2D eigenvalue weighted by Gasteiger charge is -2.26. The van der Waals surface area contributed by atoms with E-state index >= 15 is 0 Å². The number of hydrogen-bond acceptors (Lipinski definition) is 3. The van der Waals surface area contributed by atoms with Crippen molar-refractivity contribution in [2.45, 2.75) is 26.8 Å². The number of rotatable bonds is 8. The highest BCUT2D eigenvalue weighted by atomic mass is 79.9. The van der Waals surface area contributed by atoms with Crippen LogP contribution in [-0.4, -0.2) is 43.0 Å². The summed E-state index contributed by atoms with van der Waals surface area (Å²) in [6.45, 7) is 9.02. The third-order valence-corrected chi connectivity index (χ3v) is 3.72. The van der Waals surface area contributed by atoms with E-state index in [-0.39, 0.29) is 11.8 Å². The molecule has 0 spiro atoms. The molecule has 0 heterocycles. The maximum absolute atomic E-state index is 12.4. The van der Waals surface area contributed by atoms with Gasteiger partial charge in [-0.3, -0.25) is 9.69 Å². The Kier molecular flexibility index (Phi) is 7.28. The van der Waals surface area contributed by atoms with E-state index in [2.05, 4.69) is 27.8 Å². The summed E-state index contributed by atoms with van der Waals surface area (Å²) in [5.41, 5.74) is 0.755. The van der Waals surface area contributed by atoms with Crippen LogP contribution in [0.1, 0.15) is 31.1 Å². The zero-order chi connectivity index (χ0) is 14.3. The Morgan fingerprint density at radius 2 is 1.95 bits per heavy atom. The van der Waals surface area contributed by atoms with Crippen molar-refractivity contribution in [1.82, 2.24) is 4.90 Å². The highest BCUT2D eigenvalue weighted by Crippen LogP contribution is 2.14. The fraction of sp³-hybridized carbons (Fsp3) is 0.533. The molecule has 1 aromatic rings. The van der Waals surface area contributed by atoms with E-state index in [1.54, 1.807) is 0 Å². The number of benzene rings is 1. The minimum atomic E-state index is -0.119. The highest BCUT2D eigenvalue weighted by Gasteiger charge is 2.20. The standard InChI is InChI=1S/C15H22BrNO2/c1-4-17(10-11-19-5-2)12(3)15(18)13-6-8-14(16)9-7-13/h6-9,12H,4-5,10-11H2,1-3H3. The Morgan fingerprint density at radius 1 is 1.32 bits per heavy atom. The first kappa shape index (κ1) is 16.3. The Balaban J connectivity index is 2.65. The van der Waals surface area contributed by atoms with E-state index in [0.717, 1.165) is 23.1 Å². The molecule has 0 aliphatic carbocycles. The van der Waals surface area contributed by atoms with Crippen LogP contribution in [0.2, 0.25) is 0 Å². The number of Topliss-reactive ketones (excluding diaryl/α,β-unsaturated/α-hetero) is 1. The smallest absolute Gasteiger partial charge is 0.179 e. The number of ether oxygens (including phenoxy) is 1. The molecular formula is C15H22BrNO2. The molecule has 0 bridgehead atoms. The molecular weight excluding hydrogens is 306 g/mol. The van der Waals surface area contributed by atoms with E-state index in [4.69, 9.17) is 4.74 Å². The Bertz CT molecular complexity index is 392. The van der Waals surface area contributed by atoms with Gasteiger partial charge >= 0.3 is 0 Å². The molecule has 3 nitrogen and oxygen atoms in total. The van der Waals surface area contributed by atoms with Crippen LogP contribution in [0.5, 0.6) is 0 Å². The van der Waals surface area contributed by atoms with Gasteiger partial charge in [-0.25, -0.2) is 0 Å². The predicted molar refractivity (Wildman–Crippen MR) is 81.7 cm³/mol. The normalized spacial score (nSPS) is 12.7. The largest absolute Gasteiger partial charge is 0.380 e. The minimum Gasteiger partial charge on any atom is -0.380 e. The van der Waals surface area contributed by atoms with Crippen LogP contribution in [0.3, 0.4) is 0 Å². The fourth-order valence-corrected chi connectivity index (χ4v) is 2.24. The van der Waals surface area contributed by atoms with Gasteiger partial charge in [0.05, 0.1) is 12.6 Å². The van der Waals surface area contributed by atoms with Gasteiger partial charge in [-0.05, 0) is 32.5 Å². The van der Waals surface area contributed by atoms with Gasteiger partial charge < -0.3 is 4.74 Å². The van der Waals surface area contributed by atoms with E-state index in [0.29, 0.717) is 13.2 Å². The van der Waals surface area contributed by atoms with Gasteiger partial charge in [-0.15, -0.1) is 0 Å². The third kappa shape index (κ3) is 5.05. The molecule has 0 N–H and O–H groups in total. The number of ketones is 1. The number of nitrogens with zero attached hydrogens (tertiary/aromatic N) is 1. The van der Waals surface area contributed by atoms with Crippen LogP contribution >= 0.6 is 15.9 Å². The second-order valence-corrected chi connectivity index (χ2v) is 5.29. The number of carbonyl (C=O) groups is 1. The lowest BCUT2D eigenvalue weighted by atomic mass is 10.0. The van der Waals surface area contributed by atoms with E-state index < -0.39 is 0 Å². The van der Waals surface area contributed by atoms with Gasteiger partial charge in [0.2, 0.25) is 0 Å². The van der Waals surface area contributed by atoms with Crippen LogP contribution in [0.4, 0.5) is 0 Å². The van der Waals surface area contributed by atoms with Crippen LogP contribution < -0.4 is 0 Å². The van der Waals surface area contributed by atoms with Crippen molar-refractivity contribution in [3.63, 3.8) is 0 Å². The molecule has 0 aliphatic heterocycles. The Labute approximate surface area is 124 Å². The number of halogens is 1. The molecule has 106 valence electrons. The van der Waals surface area contributed by atoms with Crippen molar-refractivity contribution in [1.29, 1.82) is 0 Å². The van der Waals surface area contributed by atoms with E-state index in [9.17, 15) is 4.79 Å². The average molecular weight is 328 g/mol. The molecule has 1 unspecified atom stereocenters. The quantitative estimate of drug-likeness (QED) is 0.541. The van der Waals surface area contributed by atoms with Crippen molar-refractivity contribution >= 4 is 21.7 Å². The minimum absolute atomic E-state index is 0.119. The summed E-state index contributed by atoms with van der Waals surface area (Å²) >= 11 is 3.38. The van der Waals surface area contributed by atoms with Crippen LogP contribution in [-0.2, 0) is 4.74 Å². The van der Waals surface area contributed by atoms with Crippen molar-refractivity contribution in [3.05, 3.63) is 34.3 Å². The first-order valence-corrected chi connectivity index (χ1v) is 7.51. The molecule has 0 amide bonds. The maximum Gasteiger partial charge on any atom is 0.179 e. The summed E-state index contributed by atoms with van der Waals surface area (Å²) in [6, 6.07) is 7.40. The predicted octanol–water partition coefficient (Wildman–Crippen LogP) is 3.38. The first-order chi connectivity index (χ1) is 9.10. The summed E-state index contributed by atoms with van der Waals surface area (Å²) in [5.74, 6) is 0.158. The summed E-state index contributed by atoms with van der Waals surface area (Å²) in [5, 5.41) is 0. The Hall–Kier alpha value is -0.710. The summed E-state index contributed by atoms with van der Waals surface area (Å²) in [6.07, 6.45) is 0. The molecule has 1 atom stereocenters. The molecule has 0 radical (unpaired) electrons. The number of likely N-dealkylation sites (N-methyl/N-ethyl adjacent to an activating group) is 1. The van der Waals surface area contributed by atoms with Gasteiger partial charge in [0, 0.05) is 23.2 Å². The topological polar surface area (TPSA) is 29.5 Å². The molecule has 0 aliphatic rings. The summed E-state index contributed by atoms with van der Waals surface area (Å²) < 4.78 is 6.34. The fourth-order valence-electron chi connectivity index (χ4n) is 1.97. The van der Waals surface area contributed by atoms with Crippen LogP contribution in [0.25, 0.3) is 0 Å². The van der Waals surface area contributed by atoms with Gasteiger partial charge in [0.15, 0.2) is 5.78 Å². The molecule has 1 rings (SSSR count). The lowest BCUT2D eigenvalue weighted by Crippen LogP contribution is -2.40. The first-order valence-electron chi connectivity index (χ1n) is 6.71. The third-order valence-electron chi connectivity index (χ3n) is 3.19. The average Bonchev–Trinajstić information content (AvgIpc) is 2.43. The monoisotopic (exact) mass is 327 g/mol. The number of carbonyl (C=O) groups excluding carboxylic acids is 1. The van der Waals surface area contributed by atoms with Crippen LogP contribution in [0.15, 0.2) is 28.7 Å². The van der Waals surface area contributed by atoms with Crippen molar-refractivity contribution in [2.24, 2.45) is 0 Å². The molecule has 0 fully saturated rings. The second-order valence-electron chi connectivity index (χ2n) is 4.37.